The van der Waals surface area contributed by atoms with Gasteiger partial charge in [0.15, 0.2) is 0 Å². The Morgan fingerprint density at radius 2 is 0.682 bits per heavy atom. The molecule has 0 radical (unpaired) electrons. The molecule has 0 bridgehead atoms. The lowest BCUT2D eigenvalue weighted by molar-refractivity contribution is 1.24. The van der Waals surface area contributed by atoms with Gasteiger partial charge in [-0.3, -0.25) is 0 Å². The van der Waals surface area contributed by atoms with E-state index in [-0.39, 0.29) is 0 Å². The van der Waals surface area contributed by atoms with Crippen molar-refractivity contribution in [3.63, 3.8) is 0 Å². The highest BCUT2D eigenvalue weighted by molar-refractivity contribution is 6.37. The highest BCUT2D eigenvalue weighted by atomic mass is 14.3. The smallest absolute Gasteiger partial charge is 0.00130 e. The molecule has 0 amide bonds. The van der Waals surface area contributed by atoms with Gasteiger partial charge in [0.1, 0.15) is 0 Å². The van der Waals surface area contributed by atoms with Gasteiger partial charge in [-0.1, -0.05) is 48.5 Å². The number of hydrogen-bond acceptors (Lipinski definition) is 0. The Morgan fingerprint density at radius 3 is 1.14 bits per heavy atom. The Morgan fingerprint density at radius 1 is 0.364 bits per heavy atom. The minimum atomic E-state index is 1.10. The molecule has 5 aromatic rings. The van der Waals surface area contributed by atoms with Crippen LogP contribution >= 0.6 is 0 Å². The molecule has 0 heteroatoms. The molecule has 7 rings (SSSR count). The molecule has 0 saturated carbocycles. The van der Waals surface area contributed by atoms with E-state index in [9.17, 15) is 0 Å². The van der Waals surface area contributed by atoms with Gasteiger partial charge in [-0.2, -0.15) is 0 Å². The lowest BCUT2D eigenvalue weighted by atomic mass is 9.89. The summed E-state index contributed by atoms with van der Waals surface area (Å²) < 4.78 is 0. The van der Waals surface area contributed by atoms with Gasteiger partial charge in [-0.05, 0) is 78.2 Å². The minimum absolute atomic E-state index is 1.10. The third-order valence-corrected chi connectivity index (χ3v) is 5.98. The summed E-state index contributed by atoms with van der Waals surface area (Å²) in [5.41, 5.74) is 6.10. The Labute approximate surface area is 127 Å². The molecule has 0 heterocycles. The molecule has 2 aliphatic carbocycles. The van der Waals surface area contributed by atoms with Gasteiger partial charge in [-0.15, -0.1) is 0 Å². The third kappa shape index (κ3) is 0.869. The predicted octanol–water partition coefficient (Wildman–Crippen LogP) is 5.55. The Hall–Kier alpha value is -2.60. The lowest BCUT2D eigenvalue weighted by Gasteiger charge is -2.13. The van der Waals surface area contributed by atoms with Gasteiger partial charge in [0.05, 0.1) is 0 Å². The van der Waals surface area contributed by atoms with Crippen LogP contribution in [0.15, 0.2) is 48.5 Å². The molecule has 0 aliphatic heterocycles. The van der Waals surface area contributed by atoms with Crippen LogP contribution in [-0.4, -0.2) is 0 Å². The van der Waals surface area contributed by atoms with Crippen LogP contribution in [-0.2, 0) is 12.8 Å². The molecule has 22 heavy (non-hydrogen) atoms. The lowest BCUT2D eigenvalue weighted by Crippen LogP contribution is -1.87. The fraction of sp³-hybridized carbons (Fsp3) is 0.0909. The van der Waals surface area contributed by atoms with Crippen LogP contribution in [0.1, 0.15) is 22.3 Å². The second-order valence-electron chi connectivity index (χ2n) is 6.95. The zero-order chi connectivity index (χ0) is 14.0. The maximum absolute atomic E-state index is 2.37. The van der Waals surface area contributed by atoms with Crippen molar-refractivity contribution < 1.29 is 0 Å². The van der Waals surface area contributed by atoms with Crippen LogP contribution in [0.3, 0.4) is 0 Å². The average Bonchev–Trinajstić information content (AvgIpc) is 3.11. The first-order valence-corrected chi connectivity index (χ1v) is 8.06. The van der Waals surface area contributed by atoms with Crippen molar-refractivity contribution in [2.45, 2.75) is 12.8 Å². The van der Waals surface area contributed by atoms with Crippen LogP contribution in [0.2, 0.25) is 0 Å². The maximum Gasteiger partial charge on any atom is -0.00130 e. The molecule has 0 spiro atoms. The molecule has 0 atom stereocenters. The summed E-state index contributed by atoms with van der Waals surface area (Å²) in [6, 6.07) is 18.7. The fourth-order valence-corrected chi connectivity index (χ4v) is 5.15. The van der Waals surface area contributed by atoms with E-state index >= 15 is 0 Å². The van der Waals surface area contributed by atoms with Crippen LogP contribution in [0, 0.1) is 0 Å². The van der Waals surface area contributed by atoms with E-state index in [1.807, 2.05) is 0 Å². The normalized spacial score (nSPS) is 14.9. The van der Waals surface area contributed by atoms with Gasteiger partial charge in [0, 0.05) is 0 Å². The zero-order valence-corrected chi connectivity index (χ0v) is 12.0. The van der Waals surface area contributed by atoms with Crippen LogP contribution in [0.25, 0.3) is 43.1 Å². The summed E-state index contributed by atoms with van der Waals surface area (Å²) in [6.45, 7) is 0. The standard InChI is InChI=1S/C22H12/c1-2-12-4-6-14-10-16-8-7-15-9-13-5-3-11(1)17-18(12)20(14)22(16)21(15)19(13)17/h1-8H,9-10H2. The van der Waals surface area contributed by atoms with E-state index in [0.29, 0.717) is 0 Å². The van der Waals surface area contributed by atoms with Crippen molar-refractivity contribution in [3.05, 3.63) is 70.8 Å². The van der Waals surface area contributed by atoms with E-state index < -0.39 is 0 Å². The summed E-state index contributed by atoms with van der Waals surface area (Å²) in [4.78, 5) is 0. The van der Waals surface area contributed by atoms with E-state index in [1.54, 1.807) is 21.5 Å². The van der Waals surface area contributed by atoms with Crippen LogP contribution in [0.5, 0.6) is 0 Å². The summed E-state index contributed by atoms with van der Waals surface area (Å²) in [7, 11) is 0. The van der Waals surface area contributed by atoms with E-state index in [2.05, 4.69) is 48.5 Å². The first-order chi connectivity index (χ1) is 10.9. The topological polar surface area (TPSA) is 0 Å². The van der Waals surface area contributed by atoms with Gasteiger partial charge >= 0.3 is 0 Å². The molecule has 2 aliphatic rings. The first kappa shape index (κ1) is 10.2. The first-order valence-electron chi connectivity index (χ1n) is 8.06. The maximum atomic E-state index is 2.37. The molecular formula is C22H12. The van der Waals surface area contributed by atoms with E-state index in [1.165, 1.54) is 43.8 Å². The molecule has 0 aromatic heterocycles. The van der Waals surface area contributed by atoms with Gasteiger partial charge in [0.25, 0.3) is 0 Å². The quantitative estimate of drug-likeness (QED) is 0.252. The van der Waals surface area contributed by atoms with Gasteiger partial charge in [0.2, 0.25) is 0 Å². The number of benzene rings is 5. The minimum Gasteiger partial charge on any atom is -0.0578 e. The van der Waals surface area contributed by atoms with Crippen LogP contribution < -0.4 is 0 Å². The van der Waals surface area contributed by atoms with Gasteiger partial charge in [-0.25, -0.2) is 0 Å². The second-order valence-corrected chi connectivity index (χ2v) is 6.95. The largest absolute Gasteiger partial charge is 0.0578 e. The molecule has 100 valence electrons. The van der Waals surface area contributed by atoms with E-state index in [0.717, 1.165) is 12.8 Å². The zero-order valence-electron chi connectivity index (χ0n) is 12.0. The summed E-state index contributed by atoms with van der Waals surface area (Å²) in [6.07, 6.45) is 2.21. The summed E-state index contributed by atoms with van der Waals surface area (Å²) >= 11 is 0. The second kappa shape index (κ2) is 2.96. The van der Waals surface area contributed by atoms with Crippen molar-refractivity contribution >= 4 is 43.1 Å². The molecule has 0 unspecified atom stereocenters. The van der Waals surface area contributed by atoms with Gasteiger partial charge < -0.3 is 0 Å². The molecule has 5 aromatic carbocycles. The van der Waals surface area contributed by atoms with Crippen molar-refractivity contribution in [2.24, 2.45) is 0 Å². The van der Waals surface area contributed by atoms with E-state index in [4.69, 9.17) is 0 Å². The average molecular weight is 276 g/mol. The number of hydrogen-bond donors (Lipinski definition) is 0. The summed E-state index contributed by atoms with van der Waals surface area (Å²) in [5, 5.41) is 12.0. The number of rotatable bonds is 0. The molecule has 0 saturated heterocycles. The highest BCUT2D eigenvalue weighted by Gasteiger charge is 2.27. The van der Waals surface area contributed by atoms with Crippen molar-refractivity contribution in [1.29, 1.82) is 0 Å². The monoisotopic (exact) mass is 276 g/mol. The molecular weight excluding hydrogens is 264 g/mol. The molecule has 0 N–H and O–H groups in total. The summed E-state index contributed by atoms with van der Waals surface area (Å²) in [5.74, 6) is 0. The predicted molar refractivity (Wildman–Crippen MR) is 93.3 cm³/mol. The van der Waals surface area contributed by atoms with Crippen molar-refractivity contribution in [2.75, 3.05) is 0 Å². The highest BCUT2D eigenvalue weighted by Crippen LogP contribution is 2.51. The Bertz CT molecular complexity index is 1200. The SMILES string of the molecule is c1cc2c3c4c1Cc1ccc5ccc6ccc(c3c6c5c14)C2. The van der Waals surface area contributed by atoms with Crippen molar-refractivity contribution in [3.8, 4) is 0 Å². The van der Waals surface area contributed by atoms with Crippen molar-refractivity contribution in [1.82, 2.24) is 0 Å². The molecule has 0 nitrogen and oxygen atoms in total. The molecule has 0 fully saturated rings. The van der Waals surface area contributed by atoms with Crippen LogP contribution in [0.4, 0.5) is 0 Å². The Kier molecular flexibility index (Phi) is 1.37. The third-order valence-electron chi connectivity index (χ3n) is 5.98. The fourth-order valence-electron chi connectivity index (χ4n) is 5.15. The Balaban J connectivity index is 2.07.